The van der Waals surface area contributed by atoms with Gasteiger partial charge in [0.25, 0.3) is 0 Å². The second-order valence-electron chi connectivity index (χ2n) is 4.93. The Balaban J connectivity index is 1.80. The molecule has 1 aromatic carbocycles. The third-order valence-corrected chi connectivity index (χ3v) is 5.32. The molecule has 4 rings (SSSR count). The largest absolute Gasteiger partial charge is 0.301 e. The van der Waals surface area contributed by atoms with E-state index in [9.17, 15) is 0 Å². The van der Waals surface area contributed by atoms with Crippen molar-refractivity contribution in [2.24, 2.45) is 0 Å². The summed E-state index contributed by atoms with van der Waals surface area (Å²) in [5, 5.41) is 10.6. The van der Waals surface area contributed by atoms with Crippen LogP contribution in [0.4, 0.5) is 0 Å². The highest BCUT2D eigenvalue weighted by Gasteiger charge is 2.28. The van der Waals surface area contributed by atoms with Crippen molar-refractivity contribution in [3.8, 4) is 0 Å². The van der Waals surface area contributed by atoms with Gasteiger partial charge in [-0.15, -0.1) is 22.7 Å². The highest BCUT2D eigenvalue weighted by molar-refractivity contribution is 7.17. The number of thiazole rings is 1. The molecule has 2 heterocycles. The summed E-state index contributed by atoms with van der Waals surface area (Å²) < 4.78 is 1.36. The Bertz CT molecular complexity index is 683. The van der Waals surface area contributed by atoms with Crippen LogP contribution in [0, 0.1) is 0 Å². The van der Waals surface area contributed by atoms with Crippen LogP contribution in [0.25, 0.3) is 10.1 Å². The molecule has 1 saturated carbocycles. The fourth-order valence-corrected chi connectivity index (χ4v) is 4.08. The van der Waals surface area contributed by atoms with Crippen LogP contribution in [-0.4, -0.2) is 11.0 Å². The maximum atomic E-state index is 4.52. The Hall–Kier alpha value is -1.23. The van der Waals surface area contributed by atoms with Crippen molar-refractivity contribution < 1.29 is 0 Å². The zero-order valence-electron chi connectivity index (χ0n) is 10.4. The summed E-state index contributed by atoms with van der Waals surface area (Å²) in [5.41, 5.74) is 1.38. The summed E-state index contributed by atoms with van der Waals surface area (Å²) in [6, 6.07) is 9.57. The van der Waals surface area contributed by atoms with E-state index in [4.69, 9.17) is 0 Å². The SMILES string of the molecule is c1ccc2c(C(NC3CC3)c3nccs3)csc2c1. The number of nitrogens with one attached hydrogen (secondary N) is 1. The van der Waals surface area contributed by atoms with Gasteiger partial charge in [0.1, 0.15) is 5.01 Å². The molecule has 2 aromatic heterocycles. The third kappa shape index (κ3) is 2.20. The molecule has 19 heavy (non-hydrogen) atoms. The van der Waals surface area contributed by atoms with Crippen molar-refractivity contribution >= 4 is 32.8 Å². The van der Waals surface area contributed by atoms with Crippen LogP contribution in [0.3, 0.4) is 0 Å². The molecule has 1 fully saturated rings. The van der Waals surface area contributed by atoms with Crippen molar-refractivity contribution in [2.75, 3.05) is 0 Å². The number of hydrogen-bond donors (Lipinski definition) is 1. The standard InChI is InChI=1S/C15H14N2S2/c1-2-4-13-11(3-1)12(9-19-13)14(17-10-5-6-10)15-16-7-8-18-15/h1-4,7-10,14,17H,5-6H2. The van der Waals surface area contributed by atoms with E-state index in [-0.39, 0.29) is 6.04 Å². The van der Waals surface area contributed by atoms with E-state index < -0.39 is 0 Å². The Morgan fingerprint density at radius 2 is 2.11 bits per heavy atom. The fourth-order valence-electron chi connectivity index (χ4n) is 2.38. The smallest absolute Gasteiger partial charge is 0.114 e. The Morgan fingerprint density at radius 3 is 2.89 bits per heavy atom. The monoisotopic (exact) mass is 286 g/mol. The molecule has 1 unspecified atom stereocenters. The molecule has 0 spiro atoms. The van der Waals surface area contributed by atoms with Gasteiger partial charge in [-0.2, -0.15) is 0 Å². The highest BCUT2D eigenvalue weighted by Crippen LogP contribution is 2.36. The molecule has 0 saturated heterocycles. The second kappa shape index (κ2) is 4.71. The molecule has 4 heteroatoms. The van der Waals surface area contributed by atoms with Crippen molar-refractivity contribution in [1.29, 1.82) is 0 Å². The molecule has 0 bridgehead atoms. The second-order valence-corrected chi connectivity index (χ2v) is 6.77. The maximum Gasteiger partial charge on any atom is 0.114 e. The first kappa shape index (κ1) is 11.6. The zero-order valence-corrected chi connectivity index (χ0v) is 12.0. The van der Waals surface area contributed by atoms with E-state index in [1.807, 2.05) is 17.5 Å². The average molecular weight is 286 g/mol. The molecular weight excluding hydrogens is 272 g/mol. The molecule has 96 valence electrons. The van der Waals surface area contributed by atoms with Crippen molar-refractivity contribution in [2.45, 2.75) is 24.9 Å². The summed E-state index contributed by atoms with van der Waals surface area (Å²) in [6.07, 6.45) is 4.49. The van der Waals surface area contributed by atoms with Crippen molar-refractivity contribution in [3.63, 3.8) is 0 Å². The highest BCUT2D eigenvalue weighted by atomic mass is 32.1. The van der Waals surface area contributed by atoms with Crippen LogP contribution < -0.4 is 5.32 Å². The van der Waals surface area contributed by atoms with Gasteiger partial charge in [0, 0.05) is 22.3 Å². The fraction of sp³-hybridized carbons (Fsp3) is 0.267. The summed E-state index contributed by atoms with van der Waals surface area (Å²) >= 11 is 3.56. The first-order valence-electron chi connectivity index (χ1n) is 6.53. The summed E-state index contributed by atoms with van der Waals surface area (Å²) in [4.78, 5) is 4.52. The van der Waals surface area contributed by atoms with E-state index in [0.717, 1.165) is 0 Å². The van der Waals surface area contributed by atoms with Crippen LogP contribution in [0.1, 0.15) is 29.5 Å². The van der Waals surface area contributed by atoms with Gasteiger partial charge in [-0.05, 0) is 35.2 Å². The van der Waals surface area contributed by atoms with E-state index in [0.29, 0.717) is 6.04 Å². The van der Waals surface area contributed by atoms with Gasteiger partial charge in [-0.1, -0.05) is 18.2 Å². The number of rotatable bonds is 4. The lowest BCUT2D eigenvalue weighted by Gasteiger charge is -2.15. The van der Waals surface area contributed by atoms with Crippen LogP contribution >= 0.6 is 22.7 Å². The minimum absolute atomic E-state index is 0.253. The number of aromatic nitrogens is 1. The van der Waals surface area contributed by atoms with Crippen LogP contribution in [0.5, 0.6) is 0 Å². The first-order valence-corrected chi connectivity index (χ1v) is 8.29. The lowest BCUT2D eigenvalue weighted by Crippen LogP contribution is -2.24. The quantitative estimate of drug-likeness (QED) is 0.777. The van der Waals surface area contributed by atoms with Crippen LogP contribution in [0.2, 0.25) is 0 Å². The Labute approximate surface area is 120 Å². The van der Waals surface area contributed by atoms with Gasteiger partial charge in [0.15, 0.2) is 0 Å². The molecule has 1 aliphatic carbocycles. The normalized spacial score (nSPS) is 16.8. The summed E-state index contributed by atoms with van der Waals surface area (Å²) in [6.45, 7) is 0. The molecule has 0 amide bonds. The third-order valence-electron chi connectivity index (χ3n) is 3.50. The van der Waals surface area contributed by atoms with E-state index in [1.54, 1.807) is 11.3 Å². The predicted octanol–water partition coefficient (Wildman–Crippen LogP) is 4.20. The number of benzene rings is 1. The Morgan fingerprint density at radius 1 is 1.21 bits per heavy atom. The van der Waals surface area contributed by atoms with Gasteiger partial charge in [0.2, 0.25) is 0 Å². The number of fused-ring (bicyclic) bond motifs is 1. The summed E-state index contributed by atoms with van der Waals surface area (Å²) in [5.74, 6) is 0. The first-order chi connectivity index (χ1) is 9.42. The minimum Gasteiger partial charge on any atom is -0.301 e. The zero-order chi connectivity index (χ0) is 12.7. The van der Waals surface area contributed by atoms with E-state index in [2.05, 4.69) is 45.3 Å². The van der Waals surface area contributed by atoms with Gasteiger partial charge in [-0.25, -0.2) is 4.98 Å². The maximum absolute atomic E-state index is 4.52. The lowest BCUT2D eigenvalue weighted by molar-refractivity contribution is 0.602. The number of hydrogen-bond acceptors (Lipinski definition) is 4. The molecule has 2 nitrogen and oxygen atoms in total. The van der Waals surface area contributed by atoms with Gasteiger partial charge in [0.05, 0.1) is 6.04 Å². The number of nitrogens with zero attached hydrogens (tertiary/aromatic N) is 1. The van der Waals surface area contributed by atoms with Gasteiger partial charge < -0.3 is 5.32 Å². The lowest BCUT2D eigenvalue weighted by atomic mass is 10.1. The van der Waals surface area contributed by atoms with Gasteiger partial charge >= 0.3 is 0 Å². The van der Waals surface area contributed by atoms with Crippen molar-refractivity contribution in [1.82, 2.24) is 10.3 Å². The molecule has 1 atom stereocenters. The van der Waals surface area contributed by atoms with Gasteiger partial charge in [-0.3, -0.25) is 0 Å². The molecule has 1 N–H and O–H groups in total. The topological polar surface area (TPSA) is 24.9 Å². The molecule has 0 aliphatic heterocycles. The molecular formula is C15H14N2S2. The molecule has 3 aromatic rings. The van der Waals surface area contributed by atoms with Crippen LogP contribution in [-0.2, 0) is 0 Å². The summed E-state index contributed by atoms with van der Waals surface area (Å²) in [7, 11) is 0. The van der Waals surface area contributed by atoms with E-state index in [1.165, 1.54) is 33.5 Å². The Kier molecular flexibility index (Phi) is 2.87. The van der Waals surface area contributed by atoms with Crippen molar-refractivity contribution in [3.05, 3.63) is 51.8 Å². The molecule has 1 aliphatic rings. The van der Waals surface area contributed by atoms with E-state index >= 15 is 0 Å². The van der Waals surface area contributed by atoms with Crippen LogP contribution in [0.15, 0.2) is 41.2 Å². The minimum atomic E-state index is 0.253. The number of thiophene rings is 1. The predicted molar refractivity (Wildman–Crippen MR) is 81.9 cm³/mol. The average Bonchev–Trinajstić information content (AvgIpc) is 2.95. The molecule has 0 radical (unpaired) electrons.